The maximum atomic E-state index is 12.7. The number of amides is 1. The van der Waals surface area contributed by atoms with Crippen molar-refractivity contribution in [2.45, 2.75) is 36.8 Å². The lowest BCUT2D eigenvalue weighted by atomic mass is 9.89. The van der Waals surface area contributed by atoms with Crippen molar-refractivity contribution in [3.8, 4) is 11.5 Å². The summed E-state index contributed by atoms with van der Waals surface area (Å²) in [7, 11) is -4.23. The number of aliphatic hydroxyl groups is 1. The summed E-state index contributed by atoms with van der Waals surface area (Å²) in [4.78, 5) is 12.1. The molecule has 1 saturated carbocycles. The first-order valence-corrected chi connectivity index (χ1v) is 10.7. The molecule has 8 nitrogen and oxygen atoms in total. The van der Waals surface area contributed by atoms with Gasteiger partial charge in [-0.25, -0.2) is 8.42 Å². The molecule has 1 fully saturated rings. The highest BCUT2D eigenvalue weighted by molar-refractivity contribution is 9.10. The lowest BCUT2D eigenvalue weighted by Crippen LogP contribution is -2.46. The highest BCUT2D eigenvalue weighted by atomic mass is 79.9. The Morgan fingerprint density at radius 2 is 1.86 bits per heavy atom. The number of halogens is 1. The Morgan fingerprint density at radius 3 is 2.50 bits per heavy atom. The van der Waals surface area contributed by atoms with Gasteiger partial charge in [-0.1, -0.05) is 15.9 Å². The van der Waals surface area contributed by atoms with Crippen molar-refractivity contribution in [2.75, 3.05) is 4.72 Å². The smallest absolute Gasteiger partial charge is 0.265 e. The van der Waals surface area contributed by atoms with Crippen LogP contribution in [0.4, 0.5) is 5.69 Å². The quantitative estimate of drug-likeness (QED) is 0.425. The first-order valence-electron chi connectivity index (χ1n) is 8.40. The maximum Gasteiger partial charge on any atom is 0.265 e. The Balaban J connectivity index is 1.91. The largest absolute Gasteiger partial charge is 0.507 e. The molecule has 28 heavy (non-hydrogen) atoms. The first kappa shape index (κ1) is 20.4. The van der Waals surface area contributed by atoms with Gasteiger partial charge in [-0.3, -0.25) is 9.52 Å². The molecular formula is C18H19BrN2O6S. The number of rotatable bonds is 5. The number of aryl methyl sites for hydroxylation is 1. The van der Waals surface area contributed by atoms with Crippen LogP contribution in [0.5, 0.6) is 11.5 Å². The Bertz CT molecular complexity index is 1030. The molecule has 0 saturated heterocycles. The molecule has 0 radical (unpaired) electrons. The Labute approximate surface area is 170 Å². The van der Waals surface area contributed by atoms with Crippen molar-refractivity contribution in [2.24, 2.45) is 0 Å². The van der Waals surface area contributed by atoms with E-state index < -0.39 is 33.5 Å². The number of hydrogen-bond acceptors (Lipinski definition) is 6. The number of hydrogen-bond donors (Lipinski definition) is 5. The summed E-state index contributed by atoms with van der Waals surface area (Å²) in [5, 5.41) is 32.4. The summed E-state index contributed by atoms with van der Waals surface area (Å²) in [6.45, 7) is 1.65. The minimum Gasteiger partial charge on any atom is -0.507 e. The van der Waals surface area contributed by atoms with Gasteiger partial charge < -0.3 is 20.6 Å². The highest BCUT2D eigenvalue weighted by Gasteiger charge is 2.30. The average Bonchev–Trinajstić information content (AvgIpc) is 2.58. The zero-order valence-corrected chi connectivity index (χ0v) is 17.2. The summed E-state index contributed by atoms with van der Waals surface area (Å²) < 4.78 is 28.0. The number of nitrogens with one attached hydrogen (secondary N) is 2. The number of carbonyl (C=O) groups excluding carboxylic acids is 1. The Hall–Kier alpha value is -2.30. The van der Waals surface area contributed by atoms with Crippen LogP contribution < -0.4 is 10.0 Å². The number of carbonyl (C=O) groups is 1. The van der Waals surface area contributed by atoms with Crippen LogP contribution in [0.3, 0.4) is 0 Å². The lowest BCUT2D eigenvalue weighted by Gasteiger charge is -2.32. The van der Waals surface area contributed by atoms with E-state index in [0.29, 0.717) is 22.9 Å². The predicted molar refractivity (Wildman–Crippen MR) is 106 cm³/mol. The normalized spacial score (nSPS) is 19.0. The summed E-state index contributed by atoms with van der Waals surface area (Å²) in [6.07, 6.45) is 0.413. The molecule has 0 atom stereocenters. The summed E-state index contributed by atoms with van der Waals surface area (Å²) >= 11 is 3.15. The van der Waals surface area contributed by atoms with Gasteiger partial charge in [0.15, 0.2) is 5.75 Å². The van der Waals surface area contributed by atoms with E-state index in [1.54, 1.807) is 6.92 Å². The maximum absolute atomic E-state index is 12.7. The van der Waals surface area contributed by atoms with Crippen LogP contribution in [0.25, 0.3) is 0 Å². The van der Waals surface area contributed by atoms with Crippen LogP contribution in [0.1, 0.15) is 28.8 Å². The minimum absolute atomic E-state index is 0.0856. The van der Waals surface area contributed by atoms with Gasteiger partial charge in [-0.15, -0.1) is 0 Å². The fourth-order valence-electron chi connectivity index (χ4n) is 2.90. The van der Waals surface area contributed by atoms with E-state index in [1.807, 2.05) is 0 Å². The number of phenolic OH excluding ortho intramolecular Hbond substituents is 2. The lowest BCUT2D eigenvalue weighted by molar-refractivity contribution is 0.0562. The second-order valence-electron chi connectivity index (χ2n) is 6.72. The van der Waals surface area contributed by atoms with E-state index in [-0.39, 0.29) is 22.2 Å². The summed E-state index contributed by atoms with van der Waals surface area (Å²) in [5.41, 5.74) is 0.281. The molecule has 0 aromatic heterocycles. The van der Waals surface area contributed by atoms with Gasteiger partial charge in [0.2, 0.25) is 0 Å². The molecule has 0 unspecified atom stereocenters. The number of aromatic hydroxyl groups is 2. The molecule has 150 valence electrons. The van der Waals surface area contributed by atoms with Crippen LogP contribution in [-0.4, -0.2) is 41.8 Å². The van der Waals surface area contributed by atoms with E-state index >= 15 is 0 Å². The second kappa shape index (κ2) is 7.61. The molecule has 0 aliphatic heterocycles. The minimum atomic E-state index is -4.23. The molecule has 10 heteroatoms. The number of aliphatic hydroxyl groups excluding tert-OH is 1. The van der Waals surface area contributed by atoms with Crippen molar-refractivity contribution < 1.29 is 28.5 Å². The summed E-state index contributed by atoms with van der Waals surface area (Å²) in [6, 6.07) is 6.56. The molecule has 0 spiro atoms. The topological polar surface area (TPSA) is 136 Å². The standard InChI is InChI=1S/C18H19BrN2O6S/c1-9-4-13(18(25)20-11-7-12(22)8-11)17(24)14(5-9)21-28(26,27)16-6-10(19)2-3-15(16)23/h2-6,11-12,21-24H,7-8H2,1H3,(H,20,25). The van der Waals surface area contributed by atoms with Crippen molar-refractivity contribution >= 4 is 37.5 Å². The van der Waals surface area contributed by atoms with Gasteiger partial charge in [0.25, 0.3) is 15.9 Å². The van der Waals surface area contributed by atoms with E-state index in [0.717, 1.165) is 0 Å². The van der Waals surface area contributed by atoms with Gasteiger partial charge >= 0.3 is 0 Å². The fourth-order valence-corrected chi connectivity index (χ4v) is 4.59. The Kier molecular flexibility index (Phi) is 5.55. The van der Waals surface area contributed by atoms with Crippen molar-refractivity contribution in [1.29, 1.82) is 0 Å². The average molecular weight is 471 g/mol. The molecule has 0 heterocycles. The van der Waals surface area contributed by atoms with Gasteiger partial charge in [-0.05, 0) is 55.7 Å². The van der Waals surface area contributed by atoms with E-state index in [9.17, 15) is 28.5 Å². The van der Waals surface area contributed by atoms with Gasteiger partial charge in [0.05, 0.1) is 17.4 Å². The second-order valence-corrected chi connectivity index (χ2v) is 9.29. The first-order chi connectivity index (χ1) is 13.1. The molecule has 3 rings (SSSR count). The Morgan fingerprint density at radius 1 is 1.18 bits per heavy atom. The molecule has 2 aromatic rings. The van der Waals surface area contributed by atoms with Crippen LogP contribution >= 0.6 is 15.9 Å². The van der Waals surface area contributed by atoms with Crippen molar-refractivity contribution in [3.05, 3.63) is 45.9 Å². The zero-order chi connectivity index (χ0) is 20.6. The van der Waals surface area contributed by atoms with E-state index in [2.05, 4.69) is 26.0 Å². The number of sulfonamides is 1. The highest BCUT2D eigenvalue weighted by Crippen LogP contribution is 2.34. The monoisotopic (exact) mass is 470 g/mol. The van der Waals surface area contributed by atoms with Crippen LogP contribution in [0.15, 0.2) is 39.7 Å². The van der Waals surface area contributed by atoms with E-state index in [1.165, 1.54) is 30.3 Å². The SMILES string of the molecule is Cc1cc(NS(=O)(=O)c2cc(Br)ccc2O)c(O)c(C(=O)NC2CC(O)C2)c1. The molecule has 1 aliphatic carbocycles. The zero-order valence-electron chi connectivity index (χ0n) is 14.8. The fraction of sp³-hybridized carbons (Fsp3) is 0.278. The third-order valence-corrected chi connectivity index (χ3v) is 6.29. The van der Waals surface area contributed by atoms with E-state index in [4.69, 9.17) is 0 Å². The van der Waals surface area contributed by atoms with Gasteiger partial charge in [-0.2, -0.15) is 0 Å². The van der Waals surface area contributed by atoms with Gasteiger partial charge in [0, 0.05) is 10.5 Å². The number of anilines is 1. The molecule has 5 N–H and O–H groups in total. The van der Waals surface area contributed by atoms with Crippen LogP contribution in [0, 0.1) is 6.92 Å². The molecule has 2 aromatic carbocycles. The van der Waals surface area contributed by atoms with Gasteiger partial charge in [0.1, 0.15) is 10.6 Å². The van der Waals surface area contributed by atoms with Crippen LogP contribution in [0.2, 0.25) is 0 Å². The van der Waals surface area contributed by atoms with Crippen LogP contribution in [-0.2, 0) is 10.0 Å². The third-order valence-electron chi connectivity index (χ3n) is 4.40. The van der Waals surface area contributed by atoms with Crippen molar-refractivity contribution in [1.82, 2.24) is 5.32 Å². The molecule has 0 bridgehead atoms. The molecular weight excluding hydrogens is 452 g/mol. The number of phenols is 2. The predicted octanol–water partition coefficient (Wildman–Crippen LogP) is 2.22. The van der Waals surface area contributed by atoms with Crippen molar-refractivity contribution in [3.63, 3.8) is 0 Å². The molecule has 1 amide bonds. The third kappa shape index (κ3) is 4.23. The summed E-state index contributed by atoms with van der Waals surface area (Å²) in [5.74, 6) is -1.55. The molecule has 1 aliphatic rings. The number of benzene rings is 2.